The molecular weight excluding hydrogens is 340 g/mol. The Labute approximate surface area is 153 Å². The van der Waals surface area contributed by atoms with E-state index in [1.54, 1.807) is 11.3 Å². The van der Waals surface area contributed by atoms with Crippen LogP contribution in [-0.2, 0) is 0 Å². The van der Waals surface area contributed by atoms with Crippen LogP contribution < -0.4 is 5.32 Å². The number of fused-ring (bicyclic) bond motifs is 4. The van der Waals surface area contributed by atoms with Crippen molar-refractivity contribution in [2.75, 3.05) is 13.1 Å². The number of amides is 1. The van der Waals surface area contributed by atoms with E-state index in [2.05, 4.69) is 49.2 Å². The first-order valence-electron chi connectivity index (χ1n) is 8.51. The molecule has 130 valence electrons. The van der Waals surface area contributed by atoms with Gasteiger partial charge in [-0.2, -0.15) is 0 Å². The SMILES string of the molecule is Cc1ccc2sc(C(=O)N[C@H]3C4CCN(CC4)C3(C)C)cc2c1.Cl. The Morgan fingerprint density at radius 1 is 1.25 bits per heavy atom. The van der Waals surface area contributed by atoms with E-state index in [1.165, 1.54) is 41.6 Å². The lowest BCUT2D eigenvalue weighted by Gasteiger charge is -2.56. The number of benzene rings is 1. The summed E-state index contributed by atoms with van der Waals surface area (Å²) in [5.74, 6) is 0.714. The van der Waals surface area contributed by atoms with E-state index >= 15 is 0 Å². The lowest BCUT2D eigenvalue weighted by Crippen LogP contribution is -2.69. The maximum atomic E-state index is 12.8. The number of piperidine rings is 3. The van der Waals surface area contributed by atoms with E-state index in [-0.39, 0.29) is 29.9 Å². The van der Waals surface area contributed by atoms with Gasteiger partial charge in [0.1, 0.15) is 0 Å². The van der Waals surface area contributed by atoms with Crippen LogP contribution in [0.1, 0.15) is 41.9 Å². The first kappa shape index (κ1) is 17.7. The summed E-state index contributed by atoms with van der Waals surface area (Å²) in [5, 5.41) is 4.54. The van der Waals surface area contributed by atoms with Crippen LogP contribution in [0.3, 0.4) is 0 Å². The van der Waals surface area contributed by atoms with Gasteiger partial charge in [-0.1, -0.05) is 17.7 Å². The van der Waals surface area contributed by atoms with Gasteiger partial charge in [0.25, 0.3) is 5.91 Å². The number of rotatable bonds is 2. The zero-order valence-corrected chi connectivity index (χ0v) is 16.1. The summed E-state index contributed by atoms with van der Waals surface area (Å²) in [6, 6.07) is 8.67. The lowest BCUT2D eigenvalue weighted by molar-refractivity contribution is -0.0377. The molecule has 3 nitrogen and oxygen atoms in total. The summed E-state index contributed by atoms with van der Waals surface area (Å²) < 4.78 is 1.19. The number of halogens is 1. The minimum Gasteiger partial charge on any atom is -0.346 e. The minimum absolute atomic E-state index is 0. The summed E-state index contributed by atoms with van der Waals surface area (Å²) in [5.41, 5.74) is 1.30. The van der Waals surface area contributed by atoms with Gasteiger partial charge in [-0.25, -0.2) is 0 Å². The fourth-order valence-corrected chi connectivity index (χ4v) is 5.31. The van der Waals surface area contributed by atoms with Crippen LogP contribution in [-0.4, -0.2) is 35.5 Å². The number of carbonyl (C=O) groups is 1. The third-order valence-electron chi connectivity index (χ3n) is 5.77. The Bertz CT molecular complexity index is 762. The Hall–Kier alpha value is -1.10. The van der Waals surface area contributed by atoms with Gasteiger partial charge in [0.05, 0.1) is 4.88 Å². The number of hydrogen-bond donors (Lipinski definition) is 1. The molecule has 1 atom stereocenters. The van der Waals surface area contributed by atoms with E-state index in [4.69, 9.17) is 0 Å². The van der Waals surface area contributed by atoms with Crippen molar-refractivity contribution in [1.29, 1.82) is 0 Å². The highest BCUT2D eigenvalue weighted by molar-refractivity contribution is 7.20. The van der Waals surface area contributed by atoms with Crippen LogP contribution in [0.4, 0.5) is 0 Å². The van der Waals surface area contributed by atoms with Crippen LogP contribution in [0.2, 0.25) is 0 Å². The molecule has 0 spiro atoms. The van der Waals surface area contributed by atoms with Gasteiger partial charge in [-0.05, 0) is 70.1 Å². The van der Waals surface area contributed by atoms with Crippen molar-refractivity contribution in [2.24, 2.45) is 5.92 Å². The molecule has 1 N–H and O–H groups in total. The van der Waals surface area contributed by atoms with Crippen LogP contribution in [0, 0.1) is 12.8 Å². The molecule has 4 heterocycles. The first-order valence-corrected chi connectivity index (χ1v) is 9.33. The van der Waals surface area contributed by atoms with Crippen molar-refractivity contribution < 1.29 is 4.79 Å². The molecule has 2 bridgehead atoms. The highest BCUT2D eigenvalue weighted by atomic mass is 35.5. The topological polar surface area (TPSA) is 32.3 Å². The molecule has 1 aromatic carbocycles. The van der Waals surface area contributed by atoms with Crippen molar-refractivity contribution in [3.63, 3.8) is 0 Å². The van der Waals surface area contributed by atoms with Gasteiger partial charge < -0.3 is 5.32 Å². The van der Waals surface area contributed by atoms with Crippen LogP contribution in [0.5, 0.6) is 0 Å². The lowest BCUT2D eigenvalue weighted by atomic mass is 9.72. The average molecular weight is 365 g/mol. The molecule has 24 heavy (non-hydrogen) atoms. The van der Waals surface area contributed by atoms with Gasteiger partial charge in [-0.15, -0.1) is 23.7 Å². The summed E-state index contributed by atoms with van der Waals surface area (Å²) in [6.45, 7) is 8.99. The second-order valence-electron chi connectivity index (χ2n) is 7.58. The van der Waals surface area contributed by atoms with Crippen molar-refractivity contribution >= 4 is 39.7 Å². The molecule has 3 saturated heterocycles. The summed E-state index contributed by atoms with van der Waals surface area (Å²) in [4.78, 5) is 16.2. The van der Waals surface area contributed by atoms with Gasteiger partial charge in [-0.3, -0.25) is 9.69 Å². The second-order valence-corrected chi connectivity index (χ2v) is 8.66. The Morgan fingerprint density at radius 2 is 1.96 bits per heavy atom. The fourth-order valence-electron chi connectivity index (χ4n) is 4.36. The predicted molar refractivity (Wildman–Crippen MR) is 103 cm³/mol. The van der Waals surface area contributed by atoms with Gasteiger partial charge >= 0.3 is 0 Å². The fraction of sp³-hybridized carbons (Fsp3) is 0.526. The predicted octanol–water partition coefficient (Wildman–Crippen LogP) is 4.23. The Morgan fingerprint density at radius 3 is 2.62 bits per heavy atom. The molecule has 0 aliphatic carbocycles. The average Bonchev–Trinajstić information content (AvgIpc) is 2.94. The standard InChI is InChI=1S/C19H24N2OS.ClH/c1-12-4-5-15-14(10-12)11-16(23-15)18(22)20-17-13-6-8-21(9-7-13)19(17,2)3;/h4-5,10-11,13,17H,6-9H2,1-3H3,(H,20,22);1H/t17-;/m0./s1. The molecule has 0 saturated carbocycles. The minimum atomic E-state index is 0. The molecule has 0 unspecified atom stereocenters. The van der Waals surface area contributed by atoms with Gasteiger partial charge in [0, 0.05) is 16.3 Å². The molecule has 3 aliphatic rings. The van der Waals surface area contributed by atoms with Crippen LogP contribution in [0.25, 0.3) is 10.1 Å². The monoisotopic (exact) mass is 364 g/mol. The third kappa shape index (κ3) is 2.85. The highest BCUT2D eigenvalue weighted by Gasteiger charge is 2.48. The number of thiophene rings is 1. The van der Waals surface area contributed by atoms with Crippen molar-refractivity contribution in [3.05, 3.63) is 34.7 Å². The zero-order valence-electron chi connectivity index (χ0n) is 14.5. The number of aryl methyl sites for hydroxylation is 1. The number of nitrogens with zero attached hydrogens (tertiary/aromatic N) is 1. The second kappa shape index (κ2) is 6.32. The molecule has 1 aromatic heterocycles. The van der Waals surface area contributed by atoms with Gasteiger partial charge in [0.2, 0.25) is 0 Å². The van der Waals surface area contributed by atoms with Crippen molar-refractivity contribution in [1.82, 2.24) is 10.2 Å². The zero-order chi connectivity index (χ0) is 16.2. The molecule has 2 aromatic rings. The Balaban J connectivity index is 0.00000169. The molecule has 3 fully saturated rings. The van der Waals surface area contributed by atoms with Gasteiger partial charge in [0.15, 0.2) is 0 Å². The smallest absolute Gasteiger partial charge is 0.261 e. The number of carbonyl (C=O) groups excluding carboxylic acids is 1. The quantitative estimate of drug-likeness (QED) is 0.864. The van der Waals surface area contributed by atoms with E-state index < -0.39 is 0 Å². The van der Waals surface area contributed by atoms with Crippen LogP contribution in [0.15, 0.2) is 24.3 Å². The molecule has 5 rings (SSSR count). The maximum absolute atomic E-state index is 12.8. The van der Waals surface area contributed by atoms with Crippen molar-refractivity contribution in [2.45, 2.75) is 45.2 Å². The Kier molecular flexibility index (Phi) is 4.67. The number of nitrogens with one attached hydrogen (secondary N) is 1. The van der Waals surface area contributed by atoms with E-state index in [9.17, 15) is 4.79 Å². The summed E-state index contributed by atoms with van der Waals surface area (Å²) in [6.07, 6.45) is 2.42. The third-order valence-corrected chi connectivity index (χ3v) is 6.88. The summed E-state index contributed by atoms with van der Waals surface area (Å²) in [7, 11) is 0. The highest BCUT2D eigenvalue weighted by Crippen LogP contribution is 2.39. The molecule has 1 amide bonds. The normalized spacial score (nSPS) is 27.7. The first-order chi connectivity index (χ1) is 10.9. The van der Waals surface area contributed by atoms with E-state index in [0.717, 1.165) is 4.88 Å². The van der Waals surface area contributed by atoms with Crippen LogP contribution >= 0.6 is 23.7 Å². The molecule has 3 aliphatic heterocycles. The number of hydrogen-bond acceptors (Lipinski definition) is 3. The molecule has 0 radical (unpaired) electrons. The summed E-state index contributed by atoms with van der Waals surface area (Å²) >= 11 is 1.60. The molecule has 5 heteroatoms. The molecular formula is C19H25ClN2OS. The van der Waals surface area contributed by atoms with E-state index in [0.29, 0.717) is 5.92 Å². The van der Waals surface area contributed by atoms with E-state index in [1.807, 2.05) is 6.07 Å². The maximum Gasteiger partial charge on any atom is 0.261 e. The van der Waals surface area contributed by atoms with Crippen molar-refractivity contribution in [3.8, 4) is 0 Å². The largest absolute Gasteiger partial charge is 0.346 e.